The van der Waals surface area contributed by atoms with Gasteiger partial charge in [-0.05, 0) is 63.1 Å². The van der Waals surface area contributed by atoms with Crippen molar-refractivity contribution in [3.8, 4) is 17.1 Å². The van der Waals surface area contributed by atoms with Crippen LogP contribution in [0.15, 0.2) is 28.9 Å². The second kappa shape index (κ2) is 7.21. The summed E-state index contributed by atoms with van der Waals surface area (Å²) in [4.78, 5) is 8.98. The summed E-state index contributed by atoms with van der Waals surface area (Å²) >= 11 is 5.72. The molecule has 0 atom stereocenters. The number of hydrogen-bond donors (Lipinski definition) is 1. The summed E-state index contributed by atoms with van der Waals surface area (Å²) in [6.07, 6.45) is 2.89. The first-order chi connectivity index (χ1) is 9.65. The summed E-state index contributed by atoms with van der Waals surface area (Å²) in [5.74, 6) is 2.38. The van der Waals surface area contributed by atoms with Crippen molar-refractivity contribution >= 4 is 44.3 Å². The highest BCUT2D eigenvalue weighted by molar-refractivity contribution is 14.1. The predicted molar refractivity (Wildman–Crippen MR) is 93.2 cm³/mol. The molecule has 0 aliphatic heterocycles. The van der Waals surface area contributed by atoms with Crippen molar-refractivity contribution < 1.29 is 4.74 Å². The number of nitrogens with one attached hydrogen (secondary N) is 1. The second-order valence-corrected chi connectivity index (χ2v) is 6.18. The molecule has 0 saturated heterocycles. The maximum atomic E-state index is 5.23. The van der Waals surface area contributed by atoms with E-state index in [1.54, 1.807) is 7.11 Å². The van der Waals surface area contributed by atoms with Crippen LogP contribution in [0.25, 0.3) is 11.4 Å². The molecule has 1 aromatic carbocycles. The number of rotatable bonds is 5. The molecule has 0 saturated carbocycles. The van der Waals surface area contributed by atoms with Crippen LogP contribution >= 0.6 is 38.5 Å². The molecule has 0 unspecified atom stereocenters. The van der Waals surface area contributed by atoms with Gasteiger partial charge in [-0.15, -0.1) is 0 Å². The van der Waals surface area contributed by atoms with E-state index in [1.165, 1.54) is 0 Å². The predicted octanol–water partition coefficient (Wildman–Crippen LogP) is 4.34. The molecule has 0 fully saturated rings. The molecule has 1 heterocycles. The lowest BCUT2D eigenvalue weighted by Gasteiger charge is -2.09. The topological polar surface area (TPSA) is 47.0 Å². The van der Waals surface area contributed by atoms with Crippen LogP contribution in [0.2, 0.25) is 0 Å². The Labute approximate surface area is 140 Å². The van der Waals surface area contributed by atoms with E-state index < -0.39 is 0 Å². The Balaban J connectivity index is 2.35. The van der Waals surface area contributed by atoms with E-state index in [0.717, 1.165) is 38.1 Å². The van der Waals surface area contributed by atoms with Crippen molar-refractivity contribution in [2.45, 2.75) is 13.3 Å². The molecule has 0 bridgehead atoms. The quantitative estimate of drug-likeness (QED) is 0.692. The minimum absolute atomic E-state index is 0.701. The van der Waals surface area contributed by atoms with Gasteiger partial charge in [-0.25, -0.2) is 9.97 Å². The van der Waals surface area contributed by atoms with Gasteiger partial charge in [0.2, 0.25) is 0 Å². The zero-order chi connectivity index (χ0) is 14.5. The largest absolute Gasteiger partial charge is 0.496 e. The molecular weight excluding hydrogens is 433 g/mol. The Morgan fingerprint density at radius 2 is 2.20 bits per heavy atom. The van der Waals surface area contributed by atoms with Crippen LogP contribution in [0, 0.1) is 3.57 Å². The molecule has 2 rings (SSSR count). The molecule has 0 spiro atoms. The van der Waals surface area contributed by atoms with E-state index in [9.17, 15) is 0 Å². The van der Waals surface area contributed by atoms with Crippen LogP contribution in [0.3, 0.4) is 0 Å². The maximum absolute atomic E-state index is 5.23. The molecular formula is C14H15BrIN3O. The van der Waals surface area contributed by atoms with Crippen molar-refractivity contribution in [2.24, 2.45) is 0 Å². The summed E-state index contributed by atoms with van der Waals surface area (Å²) in [6.45, 7) is 3.03. The first-order valence-electron chi connectivity index (χ1n) is 6.26. The second-order valence-electron chi connectivity index (χ2n) is 4.17. The maximum Gasteiger partial charge on any atom is 0.161 e. The average Bonchev–Trinajstić information content (AvgIpc) is 2.46. The Morgan fingerprint density at radius 1 is 1.40 bits per heavy atom. The van der Waals surface area contributed by atoms with Gasteiger partial charge in [0.25, 0.3) is 0 Å². The summed E-state index contributed by atoms with van der Waals surface area (Å²) in [6, 6.07) is 5.82. The Morgan fingerprint density at radius 3 is 2.85 bits per heavy atom. The van der Waals surface area contributed by atoms with Crippen molar-refractivity contribution in [3.63, 3.8) is 0 Å². The first kappa shape index (κ1) is 15.5. The van der Waals surface area contributed by atoms with Crippen LogP contribution < -0.4 is 10.1 Å². The van der Waals surface area contributed by atoms with Crippen molar-refractivity contribution in [1.29, 1.82) is 0 Å². The lowest BCUT2D eigenvalue weighted by Crippen LogP contribution is -2.05. The van der Waals surface area contributed by atoms with Gasteiger partial charge in [-0.3, -0.25) is 0 Å². The molecule has 0 amide bonds. The van der Waals surface area contributed by atoms with Crippen molar-refractivity contribution in [3.05, 3.63) is 32.4 Å². The number of anilines is 1. The van der Waals surface area contributed by atoms with Crippen LogP contribution in [0.1, 0.15) is 13.3 Å². The molecule has 4 nitrogen and oxygen atoms in total. The van der Waals surface area contributed by atoms with Crippen molar-refractivity contribution in [2.75, 3.05) is 19.0 Å². The van der Waals surface area contributed by atoms with Gasteiger partial charge in [0, 0.05) is 18.3 Å². The molecule has 1 N–H and O–H groups in total. The molecule has 106 valence electrons. The third-order valence-electron chi connectivity index (χ3n) is 2.70. The Bertz CT molecular complexity index is 607. The summed E-state index contributed by atoms with van der Waals surface area (Å²) in [7, 11) is 1.65. The van der Waals surface area contributed by atoms with Gasteiger partial charge in [0.1, 0.15) is 11.6 Å². The lowest BCUT2D eigenvalue weighted by molar-refractivity contribution is 0.412. The number of halogens is 2. The molecule has 0 aliphatic carbocycles. The van der Waals surface area contributed by atoms with E-state index in [4.69, 9.17) is 4.74 Å². The van der Waals surface area contributed by atoms with E-state index in [2.05, 4.69) is 60.7 Å². The van der Waals surface area contributed by atoms with Crippen molar-refractivity contribution in [1.82, 2.24) is 9.97 Å². The minimum atomic E-state index is 0.701. The Kier molecular flexibility index (Phi) is 5.59. The third kappa shape index (κ3) is 3.60. The van der Waals surface area contributed by atoms with E-state index >= 15 is 0 Å². The molecule has 0 radical (unpaired) electrons. The molecule has 2 aromatic rings. The molecule has 6 heteroatoms. The molecule has 20 heavy (non-hydrogen) atoms. The fourth-order valence-corrected chi connectivity index (χ4v) is 2.67. The average molecular weight is 448 g/mol. The fraction of sp³-hybridized carbons (Fsp3) is 0.286. The number of ether oxygens (including phenoxy) is 1. The highest BCUT2D eigenvalue weighted by Crippen LogP contribution is 2.29. The number of nitrogens with zero attached hydrogens (tertiary/aromatic N) is 2. The molecule has 0 aliphatic rings. The SMILES string of the molecule is CCCNc1nc(-c2ccc(OC)c(Br)c2)ncc1I. The van der Waals surface area contributed by atoms with Gasteiger partial charge < -0.3 is 10.1 Å². The summed E-state index contributed by atoms with van der Waals surface area (Å²) < 4.78 is 7.14. The summed E-state index contributed by atoms with van der Waals surface area (Å²) in [5.41, 5.74) is 0.952. The summed E-state index contributed by atoms with van der Waals surface area (Å²) in [5, 5.41) is 3.31. The zero-order valence-electron chi connectivity index (χ0n) is 11.3. The highest BCUT2D eigenvalue weighted by atomic mass is 127. The van der Waals surface area contributed by atoms with Crippen LogP contribution in [0.5, 0.6) is 5.75 Å². The van der Waals surface area contributed by atoms with Gasteiger partial charge in [0.05, 0.1) is 15.2 Å². The van der Waals surface area contributed by atoms with Gasteiger partial charge >= 0.3 is 0 Å². The van der Waals surface area contributed by atoms with Gasteiger partial charge in [-0.1, -0.05) is 6.92 Å². The fourth-order valence-electron chi connectivity index (χ4n) is 1.68. The number of methoxy groups -OCH3 is 1. The van der Waals surface area contributed by atoms with E-state index in [1.807, 2.05) is 24.4 Å². The lowest BCUT2D eigenvalue weighted by atomic mass is 10.2. The van der Waals surface area contributed by atoms with Crippen LogP contribution in [0.4, 0.5) is 5.82 Å². The van der Waals surface area contributed by atoms with Crippen LogP contribution in [-0.4, -0.2) is 23.6 Å². The smallest absolute Gasteiger partial charge is 0.161 e. The van der Waals surface area contributed by atoms with E-state index in [-0.39, 0.29) is 0 Å². The van der Waals surface area contributed by atoms with Gasteiger partial charge in [0.15, 0.2) is 5.82 Å². The number of aromatic nitrogens is 2. The zero-order valence-corrected chi connectivity index (χ0v) is 15.0. The minimum Gasteiger partial charge on any atom is -0.496 e. The molecule has 1 aromatic heterocycles. The Hall–Kier alpha value is -0.890. The third-order valence-corrected chi connectivity index (χ3v) is 4.11. The monoisotopic (exact) mass is 447 g/mol. The normalized spacial score (nSPS) is 10.4. The standard InChI is InChI=1S/C14H15BrIN3O/c1-3-6-17-14-11(16)8-18-13(19-14)9-4-5-12(20-2)10(15)7-9/h4-5,7-8H,3,6H2,1-2H3,(H,17,18,19). The number of benzene rings is 1. The number of hydrogen-bond acceptors (Lipinski definition) is 4. The highest BCUT2D eigenvalue weighted by Gasteiger charge is 2.09. The van der Waals surface area contributed by atoms with Crippen LogP contribution in [-0.2, 0) is 0 Å². The van der Waals surface area contributed by atoms with Gasteiger partial charge in [-0.2, -0.15) is 0 Å². The first-order valence-corrected chi connectivity index (χ1v) is 8.13. The van der Waals surface area contributed by atoms with E-state index in [0.29, 0.717) is 5.82 Å².